The van der Waals surface area contributed by atoms with Crippen molar-refractivity contribution in [2.75, 3.05) is 13.1 Å². The Morgan fingerprint density at radius 3 is 2.95 bits per heavy atom. The lowest BCUT2D eigenvalue weighted by molar-refractivity contribution is -0.138. The molecule has 1 saturated heterocycles. The highest BCUT2D eigenvalue weighted by atomic mass is 32.1. The molecule has 1 N–H and O–H groups in total. The summed E-state index contributed by atoms with van der Waals surface area (Å²) in [5.41, 5.74) is 0.940. The Morgan fingerprint density at radius 1 is 1.48 bits per heavy atom. The summed E-state index contributed by atoms with van der Waals surface area (Å²) in [4.78, 5) is 14.1. The van der Waals surface area contributed by atoms with Crippen LogP contribution in [0.3, 0.4) is 0 Å². The van der Waals surface area contributed by atoms with Crippen LogP contribution in [0, 0.1) is 5.92 Å². The van der Waals surface area contributed by atoms with Gasteiger partial charge in [0.15, 0.2) is 5.76 Å². The van der Waals surface area contributed by atoms with Gasteiger partial charge in [-0.15, -0.1) is 11.3 Å². The molecule has 3 heterocycles. The summed E-state index contributed by atoms with van der Waals surface area (Å²) in [6.45, 7) is 2.63. The van der Waals surface area contributed by atoms with Crippen LogP contribution in [0.1, 0.15) is 25.0 Å². The Balaban J connectivity index is 1.53. The Bertz CT molecular complexity index is 586. The number of carbonyl (C=O) groups is 1. The quantitative estimate of drug-likeness (QED) is 0.919. The third-order valence-electron chi connectivity index (χ3n) is 3.88. The van der Waals surface area contributed by atoms with E-state index in [0.29, 0.717) is 12.3 Å². The average molecular weight is 306 g/mol. The predicted octanol–water partition coefficient (Wildman–Crippen LogP) is 3.09. The summed E-state index contributed by atoms with van der Waals surface area (Å²) < 4.78 is 5.38. The number of carboxylic acids is 1. The maximum Gasteiger partial charge on any atom is 0.303 e. The first kappa shape index (κ1) is 14.3. The zero-order valence-corrected chi connectivity index (χ0v) is 12.5. The lowest BCUT2D eigenvalue weighted by Gasteiger charge is -2.30. The molecule has 0 radical (unpaired) electrons. The molecule has 21 heavy (non-hydrogen) atoms. The van der Waals surface area contributed by atoms with Crippen molar-refractivity contribution in [3.63, 3.8) is 0 Å². The number of piperidine rings is 1. The van der Waals surface area contributed by atoms with Crippen molar-refractivity contribution >= 4 is 17.3 Å². The Hall–Kier alpha value is -1.66. The molecular formula is C15H18N2O3S. The molecule has 0 aliphatic carbocycles. The van der Waals surface area contributed by atoms with E-state index in [2.05, 4.69) is 10.1 Å². The van der Waals surface area contributed by atoms with Crippen molar-refractivity contribution in [3.05, 3.63) is 29.3 Å². The minimum Gasteiger partial charge on any atom is -0.481 e. The number of hydrogen-bond donors (Lipinski definition) is 1. The molecule has 0 unspecified atom stereocenters. The summed E-state index contributed by atoms with van der Waals surface area (Å²) in [6, 6.07) is 6.01. The van der Waals surface area contributed by atoms with Gasteiger partial charge < -0.3 is 9.63 Å². The molecule has 0 bridgehead atoms. The molecule has 1 aliphatic rings. The number of thiophene rings is 1. The van der Waals surface area contributed by atoms with Crippen LogP contribution in [0.15, 0.2) is 28.1 Å². The number of nitrogens with zero attached hydrogens (tertiary/aromatic N) is 2. The fraction of sp³-hybridized carbons (Fsp3) is 0.467. The highest BCUT2D eigenvalue weighted by Gasteiger charge is 2.22. The zero-order chi connectivity index (χ0) is 14.7. The first-order chi connectivity index (χ1) is 10.2. The topological polar surface area (TPSA) is 66.6 Å². The number of aliphatic carboxylic acids is 1. The standard InChI is InChI=1S/C15H18N2O3S/c18-15(19)8-11-3-5-17(6-4-11)10-12-9-13(20-16-12)14-2-1-7-21-14/h1-2,7,9,11H,3-6,8,10H2,(H,18,19). The largest absolute Gasteiger partial charge is 0.481 e. The van der Waals surface area contributed by atoms with Gasteiger partial charge in [0, 0.05) is 19.0 Å². The summed E-state index contributed by atoms with van der Waals surface area (Å²) in [5.74, 6) is 0.448. The predicted molar refractivity (Wildman–Crippen MR) is 80.1 cm³/mol. The number of aromatic nitrogens is 1. The van der Waals surface area contributed by atoms with E-state index in [9.17, 15) is 4.79 Å². The van der Waals surface area contributed by atoms with E-state index in [1.54, 1.807) is 11.3 Å². The van der Waals surface area contributed by atoms with Gasteiger partial charge in [-0.1, -0.05) is 11.2 Å². The number of carboxylic acid groups (broad SMARTS) is 1. The third-order valence-corrected chi connectivity index (χ3v) is 4.76. The summed E-state index contributed by atoms with van der Waals surface area (Å²) in [5, 5.41) is 15.0. The van der Waals surface area contributed by atoms with E-state index < -0.39 is 5.97 Å². The van der Waals surface area contributed by atoms with Crippen LogP contribution in [-0.2, 0) is 11.3 Å². The van der Waals surface area contributed by atoms with Crippen molar-refractivity contribution < 1.29 is 14.4 Å². The molecule has 0 spiro atoms. The number of rotatable bonds is 5. The first-order valence-electron chi connectivity index (χ1n) is 7.14. The molecule has 6 heteroatoms. The SMILES string of the molecule is O=C(O)CC1CCN(Cc2cc(-c3cccs3)on2)CC1. The van der Waals surface area contributed by atoms with E-state index in [1.807, 2.05) is 23.6 Å². The fourth-order valence-corrected chi connectivity index (χ4v) is 3.42. The van der Waals surface area contributed by atoms with E-state index in [-0.39, 0.29) is 0 Å². The Morgan fingerprint density at radius 2 is 2.29 bits per heavy atom. The molecule has 0 atom stereocenters. The van der Waals surface area contributed by atoms with Crippen LogP contribution < -0.4 is 0 Å². The minimum atomic E-state index is -0.689. The second-order valence-corrected chi connectivity index (χ2v) is 6.42. The lowest BCUT2D eigenvalue weighted by atomic mass is 9.93. The van der Waals surface area contributed by atoms with Gasteiger partial charge in [-0.25, -0.2) is 0 Å². The van der Waals surface area contributed by atoms with Crippen molar-refractivity contribution in [2.45, 2.75) is 25.8 Å². The molecule has 0 aromatic carbocycles. The number of likely N-dealkylation sites (tertiary alicyclic amines) is 1. The average Bonchev–Trinajstić information content (AvgIpc) is 3.11. The van der Waals surface area contributed by atoms with Gasteiger partial charge in [0.05, 0.1) is 10.6 Å². The zero-order valence-electron chi connectivity index (χ0n) is 11.7. The second kappa shape index (κ2) is 6.41. The molecule has 5 nitrogen and oxygen atoms in total. The molecule has 0 saturated carbocycles. The van der Waals surface area contributed by atoms with E-state index in [4.69, 9.17) is 9.63 Å². The molecule has 1 fully saturated rings. The molecular weight excluding hydrogens is 288 g/mol. The van der Waals surface area contributed by atoms with Gasteiger partial charge in [0.2, 0.25) is 0 Å². The van der Waals surface area contributed by atoms with Crippen LogP contribution in [-0.4, -0.2) is 34.2 Å². The van der Waals surface area contributed by atoms with Gasteiger partial charge in [-0.05, 0) is 43.3 Å². The monoisotopic (exact) mass is 306 g/mol. The van der Waals surface area contributed by atoms with E-state index in [0.717, 1.165) is 48.8 Å². The molecule has 1 aliphatic heterocycles. The van der Waals surface area contributed by atoms with Crippen molar-refractivity contribution in [2.24, 2.45) is 5.92 Å². The van der Waals surface area contributed by atoms with Gasteiger partial charge >= 0.3 is 5.97 Å². The van der Waals surface area contributed by atoms with Crippen molar-refractivity contribution in [3.8, 4) is 10.6 Å². The van der Waals surface area contributed by atoms with Crippen molar-refractivity contribution in [1.82, 2.24) is 10.1 Å². The first-order valence-corrected chi connectivity index (χ1v) is 8.02. The van der Waals surface area contributed by atoms with Crippen LogP contribution in [0.4, 0.5) is 0 Å². The van der Waals surface area contributed by atoms with Gasteiger partial charge in [-0.2, -0.15) is 0 Å². The van der Waals surface area contributed by atoms with Crippen LogP contribution in [0.25, 0.3) is 10.6 Å². The highest BCUT2D eigenvalue weighted by molar-refractivity contribution is 7.13. The van der Waals surface area contributed by atoms with Gasteiger partial charge in [0.1, 0.15) is 0 Å². The van der Waals surface area contributed by atoms with Crippen LogP contribution in [0.5, 0.6) is 0 Å². The normalized spacial score (nSPS) is 17.1. The third kappa shape index (κ3) is 3.71. The molecule has 2 aromatic heterocycles. The maximum absolute atomic E-state index is 10.7. The highest BCUT2D eigenvalue weighted by Crippen LogP contribution is 2.26. The number of hydrogen-bond acceptors (Lipinski definition) is 5. The summed E-state index contributed by atoms with van der Waals surface area (Å²) in [6.07, 6.45) is 2.18. The summed E-state index contributed by atoms with van der Waals surface area (Å²) in [7, 11) is 0. The molecule has 0 amide bonds. The lowest BCUT2D eigenvalue weighted by Crippen LogP contribution is -2.34. The Labute approximate surface area is 127 Å². The smallest absolute Gasteiger partial charge is 0.303 e. The van der Waals surface area contributed by atoms with Crippen molar-refractivity contribution in [1.29, 1.82) is 0 Å². The summed E-state index contributed by atoms with van der Waals surface area (Å²) >= 11 is 1.64. The fourth-order valence-electron chi connectivity index (χ4n) is 2.75. The molecule has 2 aromatic rings. The molecule has 112 valence electrons. The van der Waals surface area contributed by atoms with E-state index in [1.165, 1.54) is 0 Å². The van der Waals surface area contributed by atoms with Gasteiger partial charge in [0.25, 0.3) is 0 Å². The second-order valence-electron chi connectivity index (χ2n) is 5.48. The van der Waals surface area contributed by atoms with Crippen LogP contribution >= 0.6 is 11.3 Å². The van der Waals surface area contributed by atoms with Gasteiger partial charge in [-0.3, -0.25) is 9.69 Å². The minimum absolute atomic E-state index is 0.292. The maximum atomic E-state index is 10.7. The Kier molecular flexibility index (Phi) is 4.36. The van der Waals surface area contributed by atoms with E-state index >= 15 is 0 Å². The van der Waals surface area contributed by atoms with Crippen LogP contribution in [0.2, 0.25) is 0 Å². The molecule has 3 rings (SSSR count).